The topological polar surface area (TPSA) is 99.7 Å². The Kier molecular flexibility index (Phi) is 5.39. The van der Waals surface area contributed by atoms with Crippen LogP contribution in [0.4, 0.5) is 23.7 Å². The quantitative estimate of drug-likeness (QED) is 0.297. The molecule has 0 saturated heterocycles. The monoisotopic (exact) mass is 304 g/mol. The van der Waals surface area contributed by atoms with Crippen LogP contribution >= 0.6 is 0 Å². The van der Waals surface area contributed by atoms with Crippen LogP contribution in [-0.2, 0) is 6.18 Å². The minimum absolute atomic E-state index is 0.00983. The summed E-state index contributed by atoms with van der Waals surface area (Å²) in [5.74, 6) is -0.551. The predicted octanol–water partition coefficient (Wildman–Crippen LogP) is 2.21. The molecule has 0 saturated carbocycles. The van der Waals surface area contributed by atoms with Crippen LogP contribution in [0.15, 0.2) is 29.4 Å². The largest absolute Gasteiger partial charge is 0.418 e. The molecule has 0 radical (unpaired) electrons. The van der Waals surface area contributed by atoms with Crippen molar-refractivity contribution in [1.29, 1.82) is 0 Å². The van der Waals surface area contributed by atoms with Gasteiger partial charge in [-0.2, -0.15) is 13.2 Å². The number of nitrogens with zero attached hydrogens (tertiary/aromatic N) is 1. The lowest BCUT2D eigenvalue weighted by atomic mass is 10.1. The van der Waals surface area contributed by atoms with Gasteiger partial charge in [0, 0.05) is 12.5 Å². The number of nitrogens with two attached hydrogens (primary N) is 1. The first-order valence-electron chi connectivity index (χ1n) is 5.94. The number of anilines is 1. The van der Waals surface area contributed by atoms with E-state index in [1.165, 1.54) is 12.1 Å². The molecule has 1 atom stereocenters. The molecule has 2 amide bonds. The molecule has 1 unspecified atom stereocenters. The van der Waals surface area contributed by atoms with Crippen molar-refractivity contribution >= 4 is 17.6 Å². The third-order valence-corrected chi connectivity index (χ3v) is 2.67. The first-order chi connectivity index (χ1) is 9.75. The summed E-state index contributed by atoms with van der Waals surface area (Å²) < 4.78 is 38.2. The summed E-state index contributed by atoms with van der Waals surface area (Å²) >= 11 is 0. The van der Waals surface area contributed by atoms with Crippen LogP contribution in [0.2, 0.25) is 0 Å². The lowest BCUT2D eigenvalue weighted by molar-refractivity contribution is -0.136. The third-order valence-electron chi connectivity index (χ3n) is 2.67. The maximum Gasteiger partial charge on any atom is 0.418 e. The first kappa shape index (κ1) is 16.6. The minimum Gasteiger partial charge on any atom is -0.409 e. The van der Waals surface area contributed by atoms with Gasteiger partial charge < -0.3 is 21.6 Å². The Morgan fingerprint density at radius 1 is 1.43 bits per heavy atom. The highest BCUT2D eigenvalue weighted by molar-refractivity contribution is 5.90. The maximum absolute atomic E-state index is 12.7. The zero-order chi connectivity index (χ0) is 16.0. The fraction of sp³-hybridized carbons (Fsp3) is 0.333. The fourth-order valence-electron chi connectivity index (χ4n) is 1.45. The molecule has 1 aromatic carbocycles. The number of benzene rings is 1. The molecule has 21 heavy (non-hydrogen) atoms. The van der Waals surface area contributed by atoms with Crippen molar-refractivity contribution in [3.05, 3.63) is 29.8 Å². The zero-order valence-electron chi connectivity index (χ0n) is 11.1. The van der Waals surface area contributed by atoms with E-state index in [1.54, 1.807) is 6.92 Å². The molecular weight excluding hydrogens is 289 g/mol. The van der Waals surface area contributed by atoms with Crippen LogP contribution in [-0.4, -0.2) is 23.6 Å². The molecule has 0 aromatic heterocycles. The highest BCUT2D eigenvalue weighted by Crippen LogP contribution is 2.34. The van der Waals surface area contributed by atoms with E-state index in [0.717, 1.165) is 12.1 Å². The van der Waals surface area contributed by atoms with Gasteiger partial charge in [0.2, 0.25) is 0 Å². The molecule has 0 aliphatic carbocycles. The number of amidine groups is 1. The Labute approximate surface area is 118 Å². The third kappa shape index (κ3) is 4.86. The Morgan fingerprint density at radius 2 is 2.05 bits per heavy atom. The normalized spacial score (nSPS) is 13.6. The van der Waals surface area contributed by atoms with E-state index >= 15 is 0 Å². The SMILES string of the molecule is CC(CNC(=O)Nc1ccccc1C(F)(F)F)C(N)=NO. The summed E-state index contributed by atoms with van der Waals surface area (Å²) in [5, 5.41) is 15.7. The highest BCUT2D eigenvalue weighted by Gasteiger charge is 2.33. The van der Waals surface area contributed by atoms with Crippen molar-refractivity contribution < 1.29 is 23.2 Å². The second-order valence-electron chi connectivity index (χ2n) is 4.30. The number of para-hydroxylation sites is 1. The molecule has 5 N–H and O–H groups in total. The van der Waals surface area contributed by atoms with Crippen LogP contribution in [0.1, 0.15) is 12.5 Å². The number of rotatable bonds is 4. The van der Waals surface area contributed by atoms with Crippen LogP contribution in [0.3, 0.4) is 0 Å². The van der Waals surface area contributed by atoms with Gasteiger partial charge in [-0.3, -0.25) is 0 Å². The molecular formula is C12H15F3N4O2. The summed E-state index contributed by atoms with van der Waals surface area (Å²) in [6.07, 6.45) is -4.56. The Balaban J connectivity index is 2.68. The van der Waals surface area contributed by atoms with Crippen molar-refractivity contribution in [2.45, 2.75) is 13.1 Å². The second-order valence-corrected chi connectivity index (χ2v) is 4.30. The number of amides is 2. The number of carbonyl (C=O) groups is 1. The molecule has 1 rings (SSSR count). The van der Waals surface area contributed by atoms with E-state index in [1.807, 2.05) is 0 Å². The van der Waals surface area contributed by atoms with Gasteiger partial charge in [-0.15, -0.1) is 0 Å². The molecule has 0 heterocycles. The van der Waals surface area contributed by atoms with Crippen molar-refractivity contribution in [1.82, 2.24) is 5.32 Å². The standard InChI is InChI=1S/C12H15F3N4O2/c1-7(10(16)19-21)6-17-11(20)18-9-5-3-2-4-8(9)12(13,14)15/h2-5,7,21H,6H2,1H3,(H2,16,19)(H2,17,18,20). The van der Waals surface area contributed by atoms with Gasteiger partial charge >= 0.3 is 12.2 Å². The number of hydrogen-bond donors (Lipinski definition) is 4. The molecule has 9 heteroatoms. The van der Waals surface area contributed by atoms with Gasteiger partial charge in [-0.05, 0) is 12.1 Å². The number of alkyl halides is 3. The summed E-state index contributed by atoms with van der Waals surface area (Å²) in [4.78, 5) is 11.6. The van der Waals surface area contributed by atoms with Crippen LogP contribution in [0.25, 0.3) is 0 Å². The number of halogens is 3. The summed E-state index contributed by atoms with van der Waals surface area (Å²) in [6, 6.07) is 3.81. The minimum atomic E-state index is -4.56. The zero-order valence-corrected chi connectivity index (χ0v) is 11.1. The summed E-state index contributed by atoms with van der Waals surface area (Å²) in [6.45, 7) is 1.59. The van der Waals surface area contributed by atoms with E-state index in [-0.39, 0.29) is 18.1 Å². The van der Waals surface area contributed by atoms with E-state index in [9.17, 15) is 18.0 Å². The fourth-order valence-corrected chi connectivity index (χ4v) is 1.45. The van der Waals surface area contributed by atoms with Gasteiger partial charge in [0.1, 0.15) is 5.84 Å². The summed E-state index contributed by atoms with van der Waals surface area (Å²) in [5.41, 5.74) is 4.03. The molecule has 0 spiro atoms. The predicted molar refractivity (Wildman–Crippen MR) is 71.0 cm³/mol. The highest BCUT2D eigenvalue weighted by atomic mass is 19.4. The lowest BCUT2D eigenvalue weighted by Crippen LogP contribution is -2.37. The van der Waals surface area contributed by atoms with Crippen LogP contribution in [0, 0.1) is 5.92 Å². The number of oxime groups is 1. The van der Waals surface area contributed by atoms with E-state index in [0.29, 0.717) is 0 Å². The van der Waals surface area contributed by atoms with Gasteiger partial charge in [-0.1, -0.05) is 24.2 Å². The van der Waals surface area contributed by atoms with Gasteiger partial charge in [-0.25, -0.2) is 4.79 Å². The van der Waals surface area contributed by atoms with E-state index in [2.05, 4.69) is 15.8 Å². The number of carbonyl (C=O) groups excluding carboxylic acids is 1. The van der Waals surface area contributed by atoms with E-state index in [4.69, 9.17) is 10.9 Å². The Hall–Kier alpha value is -2.45. The van der Waals surface area contributed by atoms with Gasteiger partial charge in [0.15, 0.2) is 0 Å². The Bertz CT molecular complexity index is 531. The van der Waals surface area contributed by atoms with Crippen LogP contribution < -0.4 is 16.4 Å². The molecule has 116 valence electrons. The molecule has 0 bridgehead atoms. The van der Waals surface area contributed by atoms with E-state index < -0.39 is 23.7 Å². The second kappa shape index (κ2) is 6.82. The first-order valence-corrected chi connectivity index (χ1v) is 5.94. The molecule has 0 aliphatic rings. The summed E-state index contributed by atoms with van der Waals surface area (Å²) in [7, 11) is 0. The van der Waals surface area contributed by atoms with Crippen LogP contribution in [0.5, 0.6) is 0 Å². The molecule has 1 aromatic rings. The molecule has 0 aliphatic heterocycles. The van der Waals surface area contributed by atoms with Gasteiger partial charge in [0.05, 0.1) is 11.3 Å². The average molecular weight is 304 g/mol. The Morgan fingerprint density at radius 3 is 2.62 bits per heavy atom. The number of urea groups is 1. The number of nitrogens with one attached hydrogen (secondary N) is 2. The van der Waals surface area contributed by atoms with Crippen molar-refractivity contribution in [3.63, 3.8) is 0 Å². The molecule has 6 nitrogen and oxygen atoms in total. The smallest absolute Gasteiger partial charge is 0.409 e. The maximum atomic E-state index is 12.7. The lowest BCUT2D eigenvalue weighted by Gasteiger charge is -2.15. The van der Waals surface area contributed by atoms with Gasteiger partial charge in [0.25, 0.3) is 0 Å². The van der Waals surface area contributed by atoms with Crippen molar-refractivity contribution in [3.8, 4) is 0 Å². The number of hydrogen-bond acceptors (Lipinski definition) is 3. The average Bonchev–Trinajstić information content (AvgIpc) is 2.43. The van der Waals surface area contributed by atoms with Crippen molar-refractivity contribution in [2.75, 3.05) is 11.9 Å². The molecule has 0 fully saturated rings. The van der Waals surface area contributed by atoms with Crippen molar-refractivity contribution in [2.24, 2.45) is 16.8 Å².